The summed E-state index contributed by atoms with van der Waals surface area (Å²) in [7, 11) is 0. The first kappa shape index (κ1) is 29.2. The highest BCUT2D eigenvalue weighted by atomic mass is 16.3. The van der Waals surface area contributed by atoms with Crippen molar-refractivity contribution < 1.29 is 4.42 Å². The molecule has 2 aliphatic carbocycles. The number of rotatable bonds is 2. The van der Waals surface area contributed by atoms with Crippen molar-refractivity contribution in [1.29, 1.82) is 0 Å². The summed E-state index contributed by atoms with van der Waals surface area (Å²) in [5, 5.41) is 5.55. The highest BCUT2D eigenvalue weighted by molar-refractivity contribution is 6.17. The minimum absolute atomic E-state index is 0.445. The lowest BCUT2D eigenvalue weighted by atomic mass is 9.70. The summed E-state index contributed by atoms with van der Waals surface area (Å²) in [6, 6.07) is 63.3. The van der Waals surface area contributed by atoms with Crippen molar-refractivity contribution in [2.75, 3.05) is 0 Å². The number of nitrogens with zero attached hydrogens (tertiary/aromatic N) is 3. The van der Waals surface area contributed by atoms with Gasteiger partial charge in [-0.1, -0.05) is 140 Å². The summed E-state index contributed by atoms with van der Waals surface area (Å²) < 4.78 is 8.77. The quantitative estimate of drug-likeness (QED) is 0.180. The van der Waals surface area contributed by atoms with Gasteiger partial charge in [-0.25, -0.2) is 9.97 Å². The summed E-state index contributed by atoms with van der Waals surface area (Å²) in [6.07, 6.45) is 0. The molecule has 55 heavy (non-hydrogen) atoms. The number of benzene rings is 8. The van der Waals surface area contributed by atoms with Crippen LogP contribution in [0.1, 0.15) is 22.3 Å². The van der Waals surface area contributed by atoms with Crippen molar-refractivity contribution in [1.82, 2.24) is 14.5 Å². The highest BCUT2D eigenvalue weighted by Crippen LogP contribution is 2.63. The number of fused-ring (bicyclic) bond motifs is 17. The van der Waals surface area contributed by atoms with Gasteiger partial charge in [-0.05, 0) is 74.8 Å². The fraction of sp³-hybridized carbons (Fsp3) is 0.0196. The van der Waals surface area contributed by atoms with Crippen LogP contribution in [-0.2, 0) is 5.41 Å². The Labute approximate surface area is 315 Å². The molecule has 0 unspecified atom stereocenters. The summed E-state index contributed by atoms with van der Waals surface area (Å²) in [5.41, 5.74) is 15.6. The zero-order valence-corrected chi connectivity index (χ0v) is 29.5. The minimum Gasteiger partial charge on any atom is -0.456 e. The molecule has 1 spiro atoms. The van der Waals surface area contributed by atoms with E-state index in [1.165, 1.54) is 49.9 Å². The lowest BCUT2D eigenvalue weighted by Crippen LogP contribution is -2.25. The summed E-state index contributed by atoms with van der Waals surface area (Å²) in [6.45, 7) is 0. The summed E-state index contributed by atoms with van der Waals surface area (Å²) >= 11 is 0. The average molecular weight is 700 g/mol. The third kappa shape index (κ3) is 3.61. The van der Waals surface area contributed by atoms with Crippen LogP contribution in [0.2, 0.25) is 0 Å². The predicted molar refractivity (Wildman–Crippen MR) is 223 cm³/mol. The van der Waals surface area contributed by atoms with Crippen LogP contribution in [0.4, 0.5) is 0 Å². The fourth-order valence-corrected chi connectivity index (χ4v) is 10.1. The van der Waals surface area contributed by atoms with E-state index in [1.807, 2.05) is 12.1 Å². The highest BCUT2D eigenvalue weighted by Gasteiger charge is 2.52. The monoisotopic (exact) mass is 699 g/mol. The van der Waals surface area contributed by atoms with E-state index < -0.39 is 5.41 Å². The Bertz CT molecular complexity index is 3410. The molecule has 0 saturated heterocycles. The summed E-state index contributed by atoms with van der Waals surface area (Å²) in [4.78, 5) is 11.0. The van der Waals surface area contributed by atoms with Crippen molar-refractivity contribution in [2.45, 2.75) is 5.41 Å². The molecule has 0 saturated carbocycles. The number of para-hydroxylation sites is 3. The van der Waals surface area contributed by atoms with Crippen molar-refractivity contribution in [3.05, 3.63) is 198 Å². The van der Waals surface area contributed by atoms with E-state index in [2.05, 4.69) is 168 Å². The number of hydrogen-bond acceptors (Lipinski definition) is 3. The minimum atomic E-state index is -0.445. The molecule has 11 aromatic rings. The maximum Gasteiger partial charge on any atom is 0.162 e. The second-order valence-electron chi connectivity index (χ2n) is 14.8. The van der Waals surface area contributed by atoms with Crippen LogP contribution >= 0.6 is 0 Å². The maximum atomic E-state index is 6.46. The molecule has 13 rings (SSSR count). The standard InChI is InChI=1S/C51H29N3O/c1-7-21-39-30(14-1)31-15-2-8-22-40(31)51(39)41-23-9-3-18-34(41)48-36(20-13-24-42(48)51)49-52-43-25-10-4-19-35(43)50(53-49)54-44-26-11-5-16-32(44)37-28-38-33-17-6-12-27-46(33)55-47(38)29-45(37)54/h1-29H. The van der Waals surface area contributed by atoms with Crippen LogP contribution in [0.25, 0.3) is 94.1 Å². The van der Waals surface area contributed by atoms with E-state index in [0.717, 1.165) is 60.6 Å². The van der Waals surface area contributed by atoms with Gasteiger partial charge in [0.1, 0.15) is 17.0 Å². The van der Waals surface area contributed by atoms with Gasteiger partial charge in [0.15, 0.2) is 5.82 Å². The van der Waals surface area contributed by atoms with E-state index in [1.54, 1.807) is 0 Å². The van der Waals surface area contributed by atoms with Gasteiger partial charge in [-0.15, -0.1) is 0 Å². The van der Waals surface area contributed by atoms with E-state index in [-0.39, 0.29) is 0 Å². The Balaban J connectivity index is 1.13. The van der Waals surface area contributed by atoms with Gasteiger partial charge in [0.25, 0.3) is 0 Å². The van der Waals surface area contributed by atoms with E-state index in [4.69, 9.17) is 14.4 Å². The zero-order chi connectivity index (χ0) is 35.8. The van der Waals surface area contributed by atoms with E-state index >= 15 is 0 Å². The summed E-state index contributed by atoms with van der Waals surface area (Å²) in [5.74, 6) is 1.55. The van der Waals surface area contributed by atoms with Crippen LogP contribution in [0.3, 0.4) is 0 Å². The Kier molecular flexibility index (Phi) is 5.54. The van der Waals surface area contributed by atoms with Gasteiger partial charge < -0.3 is 4.42 Å². The molecule has 0 fully saturated rings. The van der Waals surface area contributed by atoms with Crippen LogP contribution in [-0.4, -0.2) is 14.5 Å². The largest absolute Gasteiger partial charge is 0.456 e. The number of furan rings is 1. The normalized spacial score (nSPS) is 13.6. The molecular weight excluding hydrogens is 671 g/mol. The van der Waals surface area contributed by atoms with Crippen LogP contribution < -0.4 is 0 Å². The Morgan fingerprint density at radius 2 is 1.00 bits per heavy atom. The molecule has 0 bridgehead atoms. The second-order valence-corrected chi connectivity index (χ2v) is 14.8. The van der Waals surface area contributed by atoms with Crippen molar-refractivity contribution in [3.63, 3.8) is 0 Å². The predicted octanol–water partition coefficient (Wildman–Crippen LogP) is 12.6. The molecule has 0 aliphatic heterocycles. The molecule has 254 valence electrons. The maximum absolute atomic E-state index is 6.46. The Morgan fingerprint density at radius 1 is 0.400 bits per heavy atom. The second kappa shape index (κ2) is 10.4. The Morgan fingerprint density at radius 3 is 1.80 bits per heavy atom. The van der Waals surface area contributed by atoms with Crippen molar-refractivity contribution in [3.8, 4) is 39.5 Å². The number of hydrogen-bond donors (Lipinski definition) is 0. The van der Waals surface area contributed by atoms with Crippen molar-refractivity contribution in [2.24, 2.45) is 0 Å². The third-order valence-corrected chi connectivity index (χ3v) is 12.2. The number of aromatic nitrogens is 3. The van der Waals surface area contributed by atoms with Gasteiger partial charge >= 0.3 is 0 Å². The first-order valence-electron chi connectivity index (χ1n) is 18.8. The lowest BCUT2D eigenvalue weighted by Gasteiger charge is -2.30. The topological polar surface area (TPSA) is 43.9 Å². The van der Waals surface area contributed by atoms with Gasteiger partial charge in [0, 0.05) is 38.6 Å². The SMILES string of the molecule is c1ccc2c(c1)-c1ccccc1C21c2ccccc2-c2c(-c3nc(-n4c5ccccc5c5cc6c(cc54)oc4ccccc46)c4ccccc4n3)cccc21. The van der Waals surface area contributed by atoms with Gasteiger partial charge in [0.05, 0.1) is 22.0 Å². The van der Waals surface area contributed by atoms with Crippen molar-refractivity contribution >= 4 is 54.6 Å². The molecule has 4 heteroatoms. The molecule has 3 aromatic heterocycles. The lowest BCUT2D eigenvalue weighted by molar-refractivity contribution is 0.669. The van der Waals surface area contributed by atoms with Crippen LogP contribution in [0, 0.1) is 0 Å². The molecule has 2 aliphatic rings. The molecule has 0 atom stereocenters. The smallest absolute Gasteiger partial charge is 0.162 e. The van der Waals surface area contributed by atoms with E-state index in [0.29, 0.717) is 5.82 Å². The first-order valence-corrected chi connectivity index (χ1v) is 18.8. The average Bonchev–Trinajstić information content (AvgIpc) is 3.96. The molecular formula is C51H29N3O. The Hall–Kier alpha value is -7.30. The molecule has 4 nitrogen and oxygen atoms in total. The molecule has 0 radical (unpaired) electrons. The molecule has 8 aromatic carbocycles. The van der Waals surface area contributed by atoms with Crippen LogP contribution in [0.5, 0.6) is 0 Å². The van der Waals surface area contributed by atoms with Gasteiger partial charge in [-0.2, -0.15) is 0 Å². The van der Waals surface area contributed by atoms with Gasteiger partial charge in [0.2, 0.25) is 0 Å². The molecule has 3 heterocycles. The zero-order valence-electron chi connectivity index (χ0n) is 29.5. The van der Waals surface area contributed by atoms with Crippen LogP contribution in [0.15, 0.2) is 180 Å². The molecule has 0 amide bonds. The molecule has 0 N–H and O–H groups in total. The first-order chi connectivity index (χ1) is 27.3. The third-order valence-electron chi connectivity index (χ3n) is 12.2. The van der Waals surface area contributed by atoms with Gasteiger partial charge in [-0.3, -0.25) is 4.57 Å². The van der Waals surface area contributed by atoms with E-state index in [9.17, 15) is 0 Å². The fourth-order valence-electron chi connectivity index (χ4n) is 10.1.